The summed E-state index contributed by atoms with van der Waals surface area (Å²) in [7, 11) is 0. The highest BCUT2D eigenvalue weighted by atomic mass is 35.5. The summed E-state index contributed by atoms with van der Waals surface area (Å²) in [6, 6.07) is 3.02. The van der Waals surface area contributed by atoms with Gasteiger partial charge in [0.25, 0.3) is 0 Å². The van der Waals surface area contributed by atoms with Crippen LogP contribution in [0.1, 0.15) is 26.3 Å². The molecule has 0 saturated carbocycles. The quantitative estimate of drug-likeness (QED) is 0.866. The van der Waals surface area contributed by atoms with Gasteiger partial charge in [-0.2, -0.15) is 5.26 Å². The number of nitrogens with one attached hydrogen (secondary N) is 2. The molecule has 0 spiro atoms. The first-order valence-electron chi connectivity index (χ1n) is 6.04. The largest absolute Gasteiger partial charge is 0.357 e. The third-order valence-corrected chi connectivity index (χ3v) is 2.82. The molecule has 0 aliphatic rings. The average Bonchev–Trinajstić information content (AvgIpc) is 2.38. The Kier molecular flexibility index (Phi) is 5.58. The fraction of sp³-hybridized carbons (Fsp3) is 0.462. The van der Waals surface area contributed by atoms with Crippen molar-refractivity contribution in [3.05, 3.63) is 22.8 Å². The third-order valence-electron chi connectivity index (χ3n) is 2.44. The summed E-state index contributed by atoms with van der Waals surface area (Å²) in [6.45, 7) is 6.37. The van der Waals surface area contributed by atoms with Crippen LogP contribution >= 0.6 is 11.6 Å². The van der Waals surface area contributed by atoms with E-state index in [1.807, 2.05) is 19.9 Å². The van der Waals surface area contributed by atoms with Gasteiger partial charge in [-0.1, -0.05) is 25.4 Å². The first-order valence-corrected chi connectivity index (χ1v) is 6.42. The lowest BCUT2D eigenvalue weighted by Crippen LogP contribution is -2.39. The van der Waals surface area contributed by atoms with Crippen molar-refractivity contribution in [3.8, 4) is 6.07 Å². The molecule has 0 bridgehead atoms. The molecule has 0 aromatic carbocycles. The summed E-state index contributed by atoms with van der Waals surface area (Å²) in [5.74, 6) is 0.599. The highest BCUT2D eigenvalue weighted by Gasteiger charge is 2.15. The summed E-state index contributed by atoms with van der Waals surface area (Å²) in [6.07, 6.45) is 1.48. The molecule has 102 valence electrons. The van der Waals surface area contributed by atoms with Crippen LogP contribution in [0.5, 0.6) is 0 Å². The van der Waals surface area contributed by atoms with E-state index in [1.165, 1.54) is 12.3 Å². The number of rotatable bonds is 5. The van der Waals surface area contributed by atoms with Crippen LogP contribution in [0.4, 0.5) is 5.82 Å². The van der Waals surface area contributed by atoms with E-state index in [-0.39, 0.29) is 10.9 Å². The molecular formula is C13H17ClN4O. The molecular weight excluding hydrogens is 264 g/mol. The topological polar surface area (TPSA) is 77.8 Å². The van der Waals surface area contributed by atoms with Crippen LogP contribution < -0.4 is 10.6 Å². The predicted molar refractivity (Wildman–Crippen MR) is 74.9 cm³/mol. The van der Waals surface area contributed by atoms with Gasteiger partial charge in [0.2, 0.25) is 5.91 Å². The third kappa shape index (κ3) is 4.42. The summed E-state index contributed by atoms with van der Waals surface area (Å²) in [5.41, 5.74) is 0.328. The van der Waals surface area contributed by atoms with Gasteiger partial charge < -0.3 is 10.6 Å². The monoisotopic (exact) mass is 280 g/mol. The Hall–Kier alpha value is -1.80. The van der Waals surface area contributed by atoms with Crippen molar-refractivity contribution in [2.24, 2.45) is 5.92 Å². The molecule has 1 amide bonds. The first kappa shape index (κ1) is 15.3. The molecule has 2 N–H and O–H groups in total. The Labute approximate surface area is 118 Å². The second kappa shape index (κ2) is 6.95. The van der Waals surface area contributed by atoms with E-state index in [4.69, 9.17) is 16.9 Å². The number of amides is 1. The molecule has 0 aliphatic heterocycles. The van der Waals surface area contributed by atoms with Crippen molar-refractivity contribution in [3.63, 3.8) is 0 Å². The van der Waals surface area contributed by atoms with Crippen LogP contribution in [0, 0.1) is 17.2 Å². The number of aromatic nitrogens is 1. The lowest BCUT2D eigenvalue weighted by atomic mass is 10.2. The lowest BCUT2D eigenvalue weighted by molar-refractivity contribution is -0.121. The van der Waals surface area contributed by atoms with E-state index in [0.29, 0.717) is 23.8 Å². The predicted octanol–water partition coefficient (Wildman–Crippen LogP) is 2.18. The van der Waals surface area contributed by atoms with Crippen molar-refractivity contribution in [1.82, 2.24) is 10.3 Å². The molecule has 1 heterocycles. The van der Waals surface area contributed by atoms with Crippen LogP contribution in [0.15, 0.2) is 12.3 Å². The van der Waals surface area contributed by atoms with Crippen LogP contribution in [-0.2, 0) is 4.79 Å². The smallest absolute Gasteiger partial charge is 0.242 e. The Bertz CT molecular complexity index is 496. The number of nitriles is 1. The van der Waals surface area contributed by atoms with Gasteiger partial charge in [-0.15, -0.1) is 0 Å². The van der Waals surface area contributed by atoms with Crippen molar-refractivity contribution >= 4 is 23.3 Å². The van der Waals surface area contributed by atoms with Gasteiger partial charge in [0.15, 0.2) is 0 Å². The summed E-state index contributed by atoms with van der Waals surface area (Å²) in [5, 5.41) is 14.8. The SMILES string of the molecule is CC(C)CNC(=O)C(C)Nc1nccc(C#N)c1Cl. The molecule has 1 aromatic rings. The average molecular weight is 281 g/mol. The summed E-state index contributed by atoms with van der Waals surface area (Å²) >= 11 is 6.01. The normalized spacial score (nSPS) is 11.8. The number of halogens is 1. The number of nitrogens with zero attached hydrogens (tertiary/aromatic N) is 2. The molecule has 0 fully saturated rings. The second-order valence-electron chi connectivity index (χ2n) is 4.64. The zero-order valence-corrected chi connectivity index (χ0v) is 12.0. The standard InChI is InChI=1S/C13H17ClN4O/c1-8(2)7-17-13(19)9(3)18-12-11(14)10(6-15)4-5-16-12/h4-5,8-9H,7H2,1-3H3,(H,16,18)(H,17,19). The fourth-order valence-corrected chi connectivity index (χ4v) is 1.57. The molecule has 1 rings (SSSR count). The molecule has 0 radical (unpaired) electrons. The Morgan fingerprint density at radius 2 is 2.21 bits per heavy atom. The van der Waals surface area contributed by atoms with Gasteiger partial charge in [-0.05, 0) is 18.9 Å². The minimum Gasteiger partial charge on any atom is -0.357 e. The van der Waals surface area contributed by atoms with Crippen molar-refractivity contribution in [1.29, 1.82) is 5.26 Å². The maximum absolute atomic E-state index is 11.8. The Morgan fingerprint density at radius 3 is 2.79 bits per heavy atom. The number of hydrogen-bond donors (Lipinski definition) is 2. The van der Waals surface area contributed by atoms with E-state index in [0.717, 1.165) is 0 Å². The van der Waals surface area contributed by atoms with E-state index >= 15 is 0 Å². The summed E-state index contributed by atoms with van der Waals surface area (Å²) in [4.78, 5) is 15.8. The highest BCUT2D eigenvalue weighted by molar-refractivity contribution is 6.34. The number of carbonyl (C=O) groups excluding carboxylic acids is 1. The summed E-state index contributed by atoms with van der Waals surface area (Å²) < 4.78 is 0. The van der Waals surface area contributed by atoms with Crippen LogP contribution in [0.2, 0.25) is 5.02 Å². The van der Waals surface area contributed by atoms with Gasteiger partial charge in [0.1, 0.15) is 23.0 Å². The first-order chi connectivity index (χ1) is 8.95. The van der Waals surface area contributed by atoms with Gasteiger partial charge >= 0.3 is 0 Å². The van der Waals surface area contributed by atoms with Crippen LogP contribution in [-0.4, -0.2) is 23.5 Å². The number of pyridine rings is 1. The van der Waals surface area contributed by atoms with Gasteiger partial charge in [-0.3, -0.25) is 4.79 Å². The van der Waals surface area contributed by atoms with Crippen molar-refractivity contribution in [2.45, 2.75) is 26.8 Å². The molecule has 1 unspecified atom stereocenters. The van der Waals surface area contributed by atoms with E-state index in [2.05, 4.69) is 15.6 Å². The number of anilines is 1. The minimum atomic E-state index is -0.474. The Balaban J connectivity index is 2.69. The molecule has 5 nitrogen and oxygen atoms in total. The number of carbonyl (C=O) groups is 1. The lowest BCUT2D eigenvalue weighted by Gasteiger charge is -2.16. The highest BCUT2D eigenvalue weighted by Crippen LogP contribution is 2.23. The molecule has 0 aliphatic carbocycles. The van der Waals surface area contributed by atoms with Crippen LogP contribution in [0.25, 0.3) is 0 Å². The number of hydrogen-bond acceptors (Lipinski definition) is 4. The fourth-order valence-electron chi connectivity index (χ4n) is 1.36. The van der Waals surface area contributed by atoms with Crippen molar-refractivity contribution in [2.75, 3.05) is 11.9 Å². The zero-order chi connectivity index (χ0) is 14.4. The van der Waals surface area contributed by atoms with Gasteiger partial charge in [0, 0.05) is 12.7 Å². The van der Waals surface area contributed by atoms with Crippen molar-refractivity contribution < 1.29 is 4.79 Å². The molecule has 1 aromatic heterocycles. The molecule has 1 atom stereocenters. The second-order valence-corrected chi connectivity index (χ2v) is 5.02. The van der Waals surface area contributed by atoms with E-state index in [1.54, 1.807) is 6.92 Å². The van der Waals surface area contributed by atoms with E-state index < -0.39 is 6.04 Å². The minimum absolute atomic E-state index is 0.131. The van der Waals surface area contributed by atoms with Crippen LogP contribution in [0.3, 0.4) is 0 Å². The maximum atomic E-state index is 11.8. The maximum Gasteiger partial charge on any atom is 0.242 e. The van der Waals surface area contributed by atoms with Gasteiger partial charge in [0.05, 0.1) is 5.56 Å². The zero-order valence-electron chi connectivity index (χ0n) is 11.2. The van der Waals surface area contributed by atoms with Gasteiger partial charge in [-0.25, -0.2) is 4.98 Å². The molecule has 19 heavy (non-hydrogen) atoms. The Morgan fingerprint density at radius 1 is 1.53 bits per heavy atom. The molecule has 6 heteroatoms. The van der Waals surface area contributed by atoms with E-state index in [9.17, 15) is 4.79 Å². The molecule has 0 saturated heterocycles.